The lowest BCUT2D eigenvalue weighted by atomic mass is 10.1. The van der Waals surface area contributed by atoms with Crippen molar-refractivity contribution in [2.75, 3.05) is 5.32 Å². The minimum absolute atomic E-state index is 0.0169. The number of alkyl halides is 8. The Hall–Kier alpha value is -2.37. The van der Waals surface area contributed by atoms with Gasteiger partial charge in [0.15, 0.2) is 5.69 Å². The quantitative estimate of drug-likeness (QED) is 0.709. The Morgan fingerprint density at radius 2 is 1.56 bits per heavy atom. The molecule has 13 heteroatoms. The molecule has 1 aromatic carbocycles. The lowest BCUT2D eigenvalue weighted by molar-refractivity contribution is -0.292. The van der Waals surface area contributed by atoms with Gasteiger partial charge in [-0.25, -0.2) is 0 Å². The largest absolute Gasteiger partial charge is 0.459 e. The molecule has 4 nitrogen and oxygen atoms in total. The average Bonchev–Trinajstić information content (AvgIpc) is 2.86. The fourth-order valence-electron chi connectivity index (χ4n) is 2.13. The highest BCUT2D eigenvalue weighted by molar-refractivity contribution is 6.30. The first-order chi connectivity index (χ1) is 12.2. The van der Waals surface area contributed by atoms with E-state index >= 15 is 0 Å². The highest BCUT2D eigenvalue weighted by Gasteiger charge is 2.64. The molecule has 0 spiro atoms. The normalized spacial score (nSPS) is 13.0. The number of nitrogens with zero attached hydrogens (tertiary/aromatic N) is 2. The monoisotopic (exact) mass is 421 g/mol. The lowest BCUT2D eigenvalue weighted by Gasteiger charge is -2.19. The summed E-state index contributed by atoms with van der Waals surface area (Å²) in [6.45, 7) is 0. The highest BCUT2D eigenvalue weighted by Crippen LogP contribution is 2.48. The van der Waals surface area contributed by atoms with Gasteiger partial charge >= 0.3 is 18.3 Å². The summed E-state index contributed by atoms with van der Waals surface area (Å²) in [5.41, 5.74) is -6.65. The molecule has 0 aliphatic heterocycles. The van der Waals surface area contributed by atoms with Crippen molar-refractivity contribution >= 4 is 23.2 Å². The van der Waals surface area contributed by atoms with E-state index < -0.39 is 41.1 Å². The van der Waals surface area contributed by atoms with Crippen LogP contribution in [-0.2, 0) is 19.1 Å². The van der Waals surface area contributed by atoms with Crippen LogP contribution >= 0.6 is 11.6 Å². The maximum absolute atomic E-state index is 13.5. The van der Waals surface area contributed by atoms with Gasteiger partial charge in [0.05, 0.1) is 0 Å². The van der Waals surface area contributed by atoms with Gasteiger partial charge in [-0.2, -0.15) is 40.2 Å². The number of nitrogens with one attached hydrogen (secondary N) is 1. The Kier molecular flexibility index (Phi) is 5.16. The fourth-order valence-corrected chi connectivity index (χ4v) is 2.26. The van der Waals surface area contributed by atoms with E-state index in [4.69, 9.17) is 11.6 Å². The Bertz CT molecular complexity index is 855. The number of hydrogen-bond acceptors (Lipinski definition) is 2. The van der Waals surface area contributed by atoms with Gasteiger partial charge < -0.3 is 5.32 Å². The number of carbonyl (C=O) groups is 1. The summed E-state index contributed by atoms with van der Waals surface area (Å²) in [6.07, 6.45) is -12.0. The van der Waals surface area contributed by atoms with Gasteiger partial charge in [-0.15, -0.1) is 0 Å². The molecule has 1 heterocycles. The van der Waals surface area contributed by atoms with Gasteiger partial charge in [0.1, 0.15) is 11.3 Å². The van der Waals surface area contributed by atoms with E-state index in [0.29, 0.717) is 7.05 Å². The van der Waals surface area contributed by atoms with Gasteiger partial charge in [0.2, 0.25) is 0 Å². The van der Waals surface area contributed by atoms with Crippen molar-refractivity contribution in [1.82, 2.24) is 9.78 Å². The van der Waals surface area contributed by atoms with Crippen LogP contribution in [0.25, 0.3) is 0 Å². The molecule has 0 fully saturated rings. The van der Waals surface area contributed by atoms with E-state index in [1.165, 1.54) is 24.3 Å². The van der Waals surface area contributed by atoms with Crippen LogP contribution < -0.4 is 5.32 Å². The zero-order valence-electron chi connectivity index (χ0n) is 13.0. The van der Waals surface area contributed by atoms with Gasteiger partial charge in [-0.05, 0) is 24.3 Å². The van der Waals surface area contributed by atoms with E-state index in [9.17, 15) is 39.9 Å². The van der Waals surface area contributed by atoms with Crippen molar-refractivity contribution in [3.63, 3.8) is 0 Å². The van der Waals surface area contributed by atoms with Crippen LogP contribution in [0, 0.1) is 0 Å². The predicted octanol–water partition coefficient (Wildman–Crippen LogP) is 5.00. The lowest BCUT2D eigenvalue weighted by Crippen LogP contribution is -2.36. The number of amides is 1. The Balaban J connectivity index is 2.60. The maximum atomic E-state index is 13.5. The second kappa shape index (κ2) is 6.66. The molecule has 27 heavy (non-hydrogen) atoms. The number of hydrogen-bond donors (Lipinski definition) is 1. The SMILES string of the molecule is Cn1nc(C(F)(F)C(F)(F)F)c(C(F)(F)F)c1C(=O)Nc1ccc(Cl)cc1. The molecule has 148 valence electrons. The van der Waals surface area contributed by atoms with Crippen LogP contribution in [0.2, 0.25) is 5.02 Å². The summed E-state index contributed by atoms with van der Waals surface area (Å²) in [5, 5.41) is 4.83. The first-order valence-corrected chi connectivity index (χ1v) is 7.20. The molecule has 0 aliphatic rings. The van der Waals surface area contributed by atoms with Gasteiger partial charge in [0, 0.05) is 17.8 Å². The first kappa shape index (κ1) is 20.9. The van der Waals surface area contributed by atoms with Crippen molar-refractivity contribution in [3.8, 4) is 0 Å². The molecule has 0 radical (unpaired) electrons. The van der Waals surface area contributed by atoms with E-state index in [1.54, 1.807) is 0 Å². The Morgan fingerprint density at radius 1 is 1.04 bits per heavy atom. The third kappa shape index (κ3) is 3.99. The van der Waals surface area contributed by atoms with Crippen molar-refractivity contribution in [2.45, 2.75) is 18.3 Å². The highest BCUT2D eigenvalue weighted by atomic mass is 35.5. The van der Waals surface area contributed by atoms with E-state index in [1.807, 2.05) is 5.32 Å². The summed E-state index contributed by atoms with van der Waals surface area (Å²) in [5.74, 6) is -7.50. The molecule has 1 N–H and O–H groups in total. The standard InChI is InChI=1S/C14H8ClF8N3O/c1-26-9(11(27)24-7-4-2-6(15)3-5-7)8(13(18,19)20)10(25-26)12(16,17)14(21,22)23/h2-5H,1H3,(H,24,27). The molecule has 0 bridgehead atoms. The van der Waals surface area contributed by atoms with Gasteiger partial charge in [0.25, 0.3) is 5.91 Å². The van der Waals surface area contributed by atoms with Gasteiger partial charge in [-0.3, -0.25) is 9.48 Å². The zero-order valence-corrected chi connectivity index (χ0v) is 13.8. The molecule has 0 aliphatic carbocycles. The van der Waals surface area contributed by atoms with Crippen molar-refractivity contribution in [3.05, 3.63) is 46.2 Å². The summed E-state index contributed by atoms with van der Waals surface area (Å²) >= 11 is 5.61. The topological polar surface area (TPSA) is 46.9 Å². The number of aryl methyl sites for hydroxylation is 1. The fraction of sp³-hybridized carbons (Fsp3) is 0.286. The summed E-state index contributed by atoms with van der Waals surface area (Å²) in [4.78, 5) is 12.1. The van der Waals surface area contributed by atoms with E-state index in [-0.39, 0.29) is 15.4 Å². The molecular weight excluding hydrogens is 414 g/mol. The number of rotatable bonds is 3. The number of halogens is 9. The van der Waals surface area contributed by atoms with E-state index in [0.717, 1.165) is 0 Å². The molecule has 0 saturated carbocycles. The molecule has 1 aromatic heterocycles. The van der Waals surface area contributed by atoms with Crippen LogP contribution in [0.4, 0.5) is 40.8 Å². The van der Waals surface area contributed by atoms with Crippen molar-refractivity contribution in [2.24, 2.45) is 7.05 Å². The van der Waals surface area contributed by atoms with Gasteiger partial charge in [-0.1, -0.05) is 11.6 Å². The van der Waals surface area contributed by atoms with Crippen LogP contribution in [0.1, 0.15) is 21.7 Å². The van der Waals surface area contributed by atoms with Crippen LogP contribution in [0.3, 0.4) is 0 Å². The van der Waals surface area contributed by atoms with Crippen LogP contribution in [0.5, 0.6) is 0 Å². The maximum Gasteiger partial charge on any atom is 0.459 e. The first-order valence-electron chi connectivity index (χ1n) is 6.82. The molecule has 2 aromatic rings. The summed E-state index contributed by atoms with van der Waals surface area (Å²) in [7, 11) is 0.641. The second-order valence-electron chi connectivity index (χ2n) is 5.23. The Labute approximate surface area is 150 Å². The molecule has 0 unspecified atom stereocenters. The minimum Gasteiger partial charge on any atom is -0.321 e. The zero-order chi connectivity index (χ0) is 20.8. The molecule has 0 saturated heterocycles. The average molecular weight is 422 g/mol. The molecule has 0 atom stereocenters. The molecule has 2 rings (SSSR count). The number of benzene rings is 1. The van der Waals surface area contributed by atoms with E-state index in [2.05, 4.69) is 5.10 Å². The summed E-state index contributed by atoms with van der Waals surface area (Å²) < 4.78 is 104. The number of carbonyl (C=O) groups excluding carboxylic acids is 1. The molecular formula is C14H8ClF8N3O. The second-order valence-corrected chi connectivity index (χ2v) is 5.66. The van der Waals surface area contributed by atoms with Crippen molar-refractivity contribution < 1.29 is 39.9 Å². The third-order valence-electron chi connectivity index (χ3n) is 3.30. The number of anilines is 1. The number of aromatic nitrogens is 2. The van der Waals surface area contributed by atoms with Crippen LogP contribution in [0.15, 0.2) is 24.3 Å². The summed E-state index contributed by atoms with van der Waals surface area (Å²) in [6, 6.07) is 4.92. The van der Waals surface area contributed by atoms with Crippen LogP contribution in [-0.4, -0.2) is 21.9 Å². The minimum atomic E-state index is -6.34. The predicted molar refractivity (Wildman–Crippen MR) is 77.6 cm³/mol. The molecule has 1 amide bonds. The smallest absolute Gasteiger partial charge is 0.321 e. The third-order valence-corrected chi connectivity index (χ3v) is 3.55. The Morgan fingerprint density at radius 3 is 2.00 bits per heavy atom. The van der Waals surface area contributed by atoms with Crippen molar-refractivity contribution in [1.29, 1.82) is 0 Å².